The lowest BCUT2D eigenvalue weighted by molar-refractivity contribution is 0.442. The molecule has 0 spiro atoms. The van der Waals surface area contributed by atoms with Crippen LogP contribution < -0.4 is 5.32 Å². The Hall–Kier alpha value is -0.630. The van der Waals surface area contributed by atoms with Crippen molar-refractivity contribution in [1.29, 1.82) is 0 Å². The number of nitrogens with one attached hydrogen (secondary N) is 1. The molecule has 12 heavy (non-hydrogen) atoms. The van der Waals surface area contributed by atoms with Crippen molar-refractivity contribution in [2.24, 2.45) is 5.92 Å². The van der Waals surface area contributed by atoms with Gasteiger partial charge in [-0.25, -0.2) is 4.39 Å². The predicted molar refractivity (Wildman–Crippen MR) is 49.6 cm³/mol. The highest BCUT2D eigenvalue weighted by Gasteiger charge is 2.16. The summed E-state index contributed by atoms with van der Waals surface area (Å²) < 4.78 is 12.7. The van der Waals surface area contributed by atoms with Crippen molar-refractivity contribution in [2.75, 3.05) is 0 Å². The van der Waals surface area contributed by atoms with E-state index in [0.717, 1.165) is 0 Å². The van der Waals surface area contributed by atoms with E-state index in [1.54, 1.807) is 6.08 Å². The van der Waals surface area contributed by atoms with E-state index in [4.69, 9.17) is 0 Å². The lowest BCUT2D eigenvalue weighted by Crippen LogP contribution is -2.38. The van der Waals surface area contributed by atoms with Crippen molar-refractivity contribution in [3.63, 3.8) is 0 Å². The molecule has 0 saturated carbocycles. The summed E-state index contributed by atoms with van der Waals surface area (Å²) in [6.45, 7) is 6.20. The molecular weight excluding hydrogens is 153 g/mol. The molecule has 0 radical (unpaired) electrons. The lowest BCUT2D eigenvalue weighted by atomic mass is 9.96. The molecule has 0 aromatic rings. The first kappa shape index (κ1) is 9.46. The van der Waals surface area contributed by atoms with Gasteiger partial charge >= 0.3 is 0 Å². The first-order valence-electron chi connectivity index (χ1n) is 4.41. The van der Waals surface area contributed by atoms with Gasteiger partial charge in [0.1, 0.15) is 5.83 Å². The summed E-state index contributed by atoms with van der Waals surface area (Å²) in [6, 6.07) is 0.723. The summed E-state index contributed by atoms with van der Waals surface area (Å²) >= 11 is 0. The Labute approximate surface area is 73.4 Å². The van der Waals surface area contributed by atoms with Gasteiger partial charge in [0.2, 0.25) is 0 Å². The quantitative estimate of drug-likeness (QED) is 0.669. The van der Waals surface area contributed by atoms with Gasteiger partial charge in [0, 0.05) is 12.1 Å². The summed E-state index contributed by atoms with van der Waals surface area (Å²) in [4.78, 5) is 0. The fourth-order valence-electron chi connectivity index (χ4n) is 1.37. The fourth-order valence-corrected chi connectivity index (χ4v) is 1.37. The minimum absolute atomic E-state index is 0.121. The number of halogens is 1. The molecule has 1 N–H and O–H groups in total. The first-order valence-corrected chi connectivity index (χ1v) is 4.41. The Kier molecular flexibility index (Phi) is 3.04. The molecule has 2 heteroatoms. The van der Waals surface area contributed by atoms with Gasteiger partial charge in [0.05, 0.1) is 0 Å². The van der Waals surface area contributed by atoms with Crippen LogP contribution in [0, 0.1) is 5.92 Å². The number of hydrogen-bond acceptors (Lipinski definition) is 1. The van der Waals surface area contributed by atoms with Crippen molar-refractivity contribution < 1.29 is 4.39 Å². The summed E-state index contributed by atoms with van der Waals surface area (Å²) in [5.41, 5.74) is 0. The third-order valence-electron chi connectivity index (χ3n) is 1.98. The van der Waals surface area contributed by atoms with Gasteiger partial charge in [0.15, 0.2) is 0 Å². The van der Waals surface area contributed by atoms with Crippen molar-refractivity contribution >= 4 is 0 Å². The average Bonchev–Trinajstić information content (AvgIpc) is 1.94. The zero-order chi connectivity index (χ0) is 9.14. The van der Waals surface area contributed by atoms with E-state index in [1.165, 1.54) is 6.08 Å². The summed E-state index contributed by atoms with van der Waals surface area (Å²) in [5, 5.41) is 3.35. The van der Waals surface area contributed by atoms with E-state index in [-0.39, 0.29) is 17.8 Å². The number of rotatable bonds is 2. The Bertz CT molecular complexity index is 206. The zero-order valence-electron chi connectivity index (χ0n) is 7.84. The van der Waals surface area contributed by atoms with E-state index in [1.807, 2.05) is 13.0 Å². The second-order valence-corrected chi connectivity index (χ2v) is 3.62. The molecule has 0 aromatic carbocycles. The molecule has 68 valence electrons. The SMILES string of the molecule is CC(C)NC1C=CC(F)=CC1C. The Morgan fingerprint density at radius 3 is 2.67 bits per heavy atom. The summed E-state index contributed by atoms with van der Waals surface area (Å²) in [7, 11) is 0. The van der Waals surface area contributed by atoms with Crippen LogP contribution >= 0.6 is 0 Å². The topological polar surface area (TPSA) is 12.0 Å². The standard InChI is InChI=1S/C10H16FN/c1-7(2)12-10-5-4-9(11)6-8(10)3/h4-8,10,12H,1-3H3. The van der Waals surface area contributed by atoms with Crippen LogP contribution in [0.15, 0.2) is 24.1 Å². The highest BCUT2D eigenvalue weighted by molar-refractivity contribution is 5.21. The van der Waals surface area contributed by atoms with Crippen molar-refractivity contribution in [1.82, 2.24) is 5.32 Å². The molecule has 0 heterocycles. The second-order valence-electron chi connectivity index (χ2n) is 3.62. The first-order chi connectivity index (χ1) is 5.59. The third kappa shape index (κ3) is 2.45. The van der Waals surface area contributed by atoms with Crippen LogP contribution in [0.1, 0.15) is 20.8 Å². The molecule has 2 unspecified atom stereocenters. The molecule has 1 aliphatic rings. The Morgan fingerprint density at radius 2 is 2.17 bits per heavy atom. The van der Waals surface area contributed by atoms with Gasteiger partial charge in [-0.2, -0.15) is 0 Å². The third-order valence-corrected chi connectivity index (χ3v) is 1.98. The van der Waals surface area contributed by atoms with E-state index >= 15 is 0 Å². The Balaban J connectivity index is 2.54. The van der Waals surface area contributed by atoms with Gasteiger partial charge in [-0.1, -0.05) is 26.8 Å². The maximum absolute atomic E-state index is 12.7. The van der Waals surface area contributed by atoms with Crippen LogP contribution in [0.5, 0.6) is 0 Å². The minimum Gasteiger partial charge on any atom is -0.308 e. The highest BCUT2D eigenvalue weighted by Crippen LogP contribution is 2.17. The van der Waals surface area contributed by atoms with E-state index in [0.29, 0.717) is 6.04 Å². The van der Waals surface area contributed by atoms with Gasteiger partial charge in [-0.3, -0.25) is 0 Å². The molecule has 0 aliphatic heterocycles. The van der Waals surface area contributed by atoms with Crippen LogP contribution in [0.4, 0.5) is 4.39 Å². The lowest BCUT2D eigenvalue weighted by Gasteiger charge is -2.24. The second kappa shape index (κ2) is 3.85. The van der Waals surface area contributed by atoms with Gasteiger partial charge in [-0.05, 0) is 18.1 Å². The number of allylic oxidation sites excluding steroid dienone is 2. The molecule has 1 rings (SSSR count). The molecule has 0 saturated heterocycles. The molecular formula is C10H16FN. The zero-order valence-corrected chi connectivity index (χ0v) is 7.84. The van der Waals surface area contributed by atoms with Crippen LogP contribution in [0.3, 0.4) is 0 Å². The highest BCUT2D eigenvalue weighted by atomic mass is 19.1. The minimum atomic E-state index is -0.121. The summed E-state index contributed by atoms with van der Waals surface area (Å²) in [5.74, 6) is 0.127. The van der Waals surface area contributed by atoms with Crippen molar-refractivity contribution in [3.05, 3.63) is 24.1 Å². The molecule has 0 fully saturated rings. The van der Waals surface area contributed by atoms with E-state index in [2.05, 4.69) is 19.2 Å². The monoisotopic (exact) mass is 169 g/mol. The number of hydrogen-bond donors (Lipinski definition) is 1. The Morgan fingerprint density at radius 1 is 1.50 bits per heavy atom. The summed E-state index contributed by atoms with van der Waals surface area (Å²) in [6.07, 6.45) is 5.07. The molecule has 0 bridgehead atoms. The van der Waals surface area contributed by atoms with Crippen molar-refractivity contribution in [2.45, 2.75) is 32.9 Å². The van der Waals surface area contributed by atoms with E-state index in [9.17, 15) is 4.39 Å². The normalized spacial score (nSPS) is 29.2. The molecule has 0 amide bonds. The van der Waals surface area contributed by atoms with E-state index < -0.39 is 0 Å². The van der Waals surface area contributed by atoms with Gasteiger partial charge in [0.25, 0.3) is 0 Å². The van der Waals surface area contributed by atoms with Crippen LogP contribution in [-0.4, -0.2) is 12.1 Å². The average molecular weight is 169 g/mol. The van der Waals surface area contributed by atoms with Crippen LogP contribution in [-0.2, 0) is 0 Å². The van der Waals surface area contributed by atoms with Crippen LogP contribution in [0.25, 0.3) is 0 Å². The molecule has 1 aliphatic carbocycles. The molecule has 0 aromatic heterocycles. The largest absolute Gasteiger partial charge is 0.308 e. The maximum atomic E-state index is 12.7. The maximum Gasteiger partial charge on any atom is 0.119 e. The van der Waals surface area contributed by atoms with Gasteiger partial charge < -0.3 is 5.32 Å². The molecule has 2 atom stereocenters. The van der Waals surface area contributed by atoms with Gasteiger partial charge in [-0.15, -0.1) is 0 Å². The fraction of sp³-hybridized carbons (Fsp3) is 0.600. The predicted octanol–water partition coefficient (Wildman–Crippen LogP) is 2.41. The van der Waals surface area contributed by atoms with Crippen molar-refractivity contribution in [3.8, 4) is 0 Å². The molecule has 1 nitrogen and oxygen atoms in total. The van der Waals surface area contributed by atoms with Crippen LogP contribution in [0.2, 0.25) is 0 Å². The smallest absolute Gasteiger partial charge is 0.119 e.